The van der Waals surface area contributed by atoms with Gasteiger partial charge in [0.25, 0.3) is 10.5 Å². The predicted molar refractivity (Wildman–Crippen MR) is 97.5 cm³/mol. The van der Waals surface area contributed by atoms with Crippen LogP contribution in [-0.4, -0.2) is 40.4 Å². The van der Waals surface area contributed by atoms with E-state index < -0.39 is 4.92 Å². The fourth-order valence-electron chi connectivity index (χ4n) is 3.17. The highest BCUT2D eigenvalue weighted by Gasteiger charge is 2.29. The summed E-state index contributed by atoms with van der Waals surface area (Å²) in [7, 11) is 0. The number of nitro groups is 1. The van der Waals surface area contributed by atoms with E-state index in [9.17, 15) is 14.9 Å². The lowest BCUT2D eigenvalue weighted by Crippen LogP contribution is -3.12. The number of quaternary nitrogens is 1. The Balaban J connectivity index is 1.66. The SMILES string of the molecule is CCOC(=O)C1CC[NH+](Cn2nc(-c3cccc([N+](=O)[O-])c3)oc2=S)CC1. The number of nitrogens with one attached hydrogen (secondary N) is 1. The first-order valence-electron chi connectivity index (χ1n) is 8.81. The summed E-state index contributed by atoms with van der Waals surface area (Å²) in [5.41, 5.74) is 0.472. The molecule has 2 aromatic rings. The van der Waals surface area contributed by atoms with Gasteiger partial charge in [0.2, 0.25) is 5.89 Å². The van der Waals surface area contributed by atoms with Gasteiger partial charge < -0.3 is 14.1 Å². The number of benzene rings is 1. The van der Waals surface area contributed by atoms with Crippen molar-refractivity contribution in [2.24, 2.45) is 5.92 Å². The first-order chi connectivity index (χ1) is 13.0. The smallest absolute Gasteiger partial charge is 0.309 e. The molecule has 9 nitrogen and oxygen atoms in total. The first-order valence-corrected chi connectivity index (χ1v) is 9.21. The van der Waals surface area contributed by atoms with Gasteiger partial charge in [-0.15, -0.1) is 5.10 Å². The van der Waals surface area contributed by atoms with E-state index in [0.717, 1.165) is 25.9 Å². The molecule has 0 aliphatic carbocycles. The van der Waals surface area contributed by atoms with Crippen LogP contribution in [0.5, 0.6) is 0 Å². The standard InChI is InChI=1S/C17H20N4O5S/c1-2-25-16(22)12-6-8-19(9-7-12)11-20-17(27)26-15(18-20)13-4-3-5-14(10-13)21(23)24/h3-5,10,12H,2,6-9,11H2,1H3/p+1. The number of non-ortho nitro benzene ring substituents is 1. The van der Waals surface area contributed by atoms with E-state index in [1.165, 1.54) is 17.0 Å². The third kappa shape index (κ3) is 4.58. The van der Waals surface area contributed by atoms with Crippen LogP contribution < -0.4 is 4.90 Å². The van der Waals surface area contributed by atoms with Crippen LogP contribution in [0.25, 0.3) is 11.5 Å². The van der Waals surface area contributed by atoms with Crippen molar-refractivity contribution >= 4 is 23.9 Å². The number of carbonyl (C=O) groups is 1. The van der Waals surface area contributed by atoms with Gasteiger partial charge in [0.15, 0.2) is 6.67 Å². The van der Waals surface area contributed by atoms with Crippen LogP contribution in [-0.2, 0) is 16.2 Å². The molecule has 1 aromatic heterocycles. The van der Waals surface area contributed by atoms with E-state index in [0.29, 0.717) is 18.8 Å². The molecule has 1 aliphatic heterocycles. The van der Waals surface area contributed by atoms with Gasteiger partial charge in [-0.1, -0.05) is 6.07 Å². The summed E-state index contributed by atoms with van der Waals surface area (Å²) >= 11 is 5.24. The van der Waals surface area contributed by atoms with Crippen LogP contribution in [0.1, 0.15) is 19.8 Å². The van der Waals surface area contributed by atoms with Crippen LogP contribution in [0.4, 0.5) is 5.69 Å². The number of aromatic nitrogens is 2. The van der Waals surface area contributed by atoms with E-state index in [4.69, 9.17) is 21.4 Å². The van der Waals surface area contributed by atoms with E-state index in [1.54, 1.807) is 16.8 Å². The van der Waals surface area contributed by atoms with Crippen LogP contribution >= 0.6 is 12.2 Å². The van der Waals surface area contributed by atoms with E-state index in [-0.39, 0.29) is 28.3 Å². The van der Waals surface area contributed by atoms with Crippen molar-refractivity contribution in [2.75, 3.05) is 19.7 Å². The molecule has 144 valence electrons. The molecule has 0 saturated carbocycles. The van der Waals surface area contributed by atoms with Crippen molar-refractivity contribution in [2.45, 2.75) is 26.4 Å². The van der Waals surface area contributed by atoms with E-state index in [1.807, 2.05) is 6.92 Å². The molecule has 0 spiro atoms. The van der Waals surface area contributed by atoms with Gasteiger partial charge in [0.05, 0.1) is 30.5 Å². The zero-order valence-electron chi connectivity index (χ0n) is 14.9. The minimum atomic E-state index is -0.465. The van der Waals surface area contributed by atoms with Gasteiger partial charge in [-0.25, -0.2) is 0 Å². The highest BCUT2D eigenvalue weighted by molar-refractivity contribution is 7.71. The molecule has 2 heterocycles. The molecule has 1 fully saturated rings. The zero-order chi connectivity index (χ0) is 19.4. The van der Waals surface area contributed by atoms with Crippen molar-refractivity contribution in [1.29, 1.82) is 0 Å². The van der Waals surface area contributed by atoms with Gasteiger partial charge >= 0.3 is 5.97 Å². The molecule has 1 N–H and O–H groups in total. The number of nitro benzene ring substituents is 1. The van der Waals surface area contributed by atoms with Crippen molar-refractivity contribution in [1.82, 2.24) is 9.78 Å². The third-order valence-corrected chi connectivity index (χ3v) is 4.89. The number of ether oxygens (including phenoxy) is 1. The molecular weight excluding hydrogens is 372 g/mol. The van der Waals surface area contributed by atoms with Gasteiger partial charge in [-0.05, 0) is 25.2 Å². The summed E-state index contributed by atoms with van der Waals surface area (Å²) in [6, 6.07) is 6.09. The highest BCUT2D eigenvalue weighted by atomic mass is 32.1. The molecule has 1 aliphatic rings. The summed E-state index contributed by atoms with van der Waals surface area (Å²) in [4.78, 5) is 23.7. The summed E-state index contributed by atoms with van der Waals surface area (Å²) in [6.07, 6.45) is 1.52. The zero-order valence-corrected chi connectivity index (χ0v) is 15.7. The number of rotatable bonds is 6. The lowest BCUT2D eigenvalue weighted by atomic mass is 9.97. The molecule has 27 heavy (non-hydrogen) atoms. The highest BCUT2D eigenvalue weighted by Crippen LogP contribution is 2.22. The minimum absolute atomic E-state index is 0.0326. The minimum Gasteiger partial charge on any atom is -0.466 e. The van der Waals surface area contributed by atoms with Gasteiger partial charge in [-0.2, -0.15) is 4.68 Å². The molecular formula is C17H21N4O5S+. The topological polar surface area (TPSA) is 105 Å². The van der Waals surface area contributed by atoms with Crippen molar-refractivity contribution in [3.05, 3.63) is 39.2 Å². The maximum absolute atomic E-state index is 11.8. The Labute approximate surface area is 160 Å². The number of hydrogen-bond donors (Lipinski definition) is 1. The maximum Gasteiger partial charge on any atom is 0.309 e. The fourth-order valence-corrected chi connectivity index (χ4v) is 3.35. The Bertz CT molecular complexity index is 885. The molecule has 0 atom stereocenters. The number of piperidine rings is 1. The quantitative estimate of drug-likeness (QED) is 0.344. The molecule has 10 heteroatoms. The molecule has 1 saturated heterocycles. The average Bonchev–Trinajstić information content (AvgIpc) is 3.03. The largest absolute Gasteiger partial charge is 0.466 e. The summed E-state index contributed by atoms with van der Waals surface area (Å²) in [5.74, 6) is 0.0893. The number of likely N-dealkylation sites (tertiary alicyclic amines) is 1. The molecule has 0 unspecified atom stereocenters. The molecule has 0 bridgehead atoms. The molecule has 3 rings (SSSR count). The van der Waals surface area contributed by atoms with Crippen LogP contribution in [0.3, 0.4) is 0 Å². The first kappa shape index (κ1) is 19.2. The predicted octanol–water partition coefficient (Wildman–Crippen LogP) is 1.60. The third-order valence-electron chi connectivity index (χ3n) is 4.60. The van der Waals surface area contributed by atoms with Gasteiger partial charge in [0.1, 0.15) is 0 Å². The summed E-state index contributed by atoms with van der Waals surface area (Å²) in [5, 5.41) is 15.3. The monoisotopic (exact) mass is 393 g/mol. The van der Waals surface area contributed by atoms with Crippen molar-refractivity contribution < 1.29 is 23.8 Å². The molecule has 0 amide bonds. The Morgan fingerprint density at radius 3 is 2.89 bits per heavy atom. The maximum atomic E-state index is 11.8. The van der Waals surface area contributed by atoms with Crippen molar-refractivity contribution in [3.63, 3.8) is 0 Å². The summed E-state index contributed by atoms with van der Waals surface area (Å²) in [6.45, 7) is 4.35. The number of esters is 1. The van der Waals surface area contributed by atoms with Crippen LogP contribution in [0, 0.1) is 20.9 Å². The summed E-state index contributed by atoms with van der Waals surface area (Å²) < 4.78 is 12.2. The fraction of sp³-hybridized carbons (Fsp3) is 0.471. The van der Waals surface area contributed by atoms with Crippen LogP contribution in [0.2, 0.25) is 0 Å². The van der Waals surface area contributed by atoms with Crippen LogP contribution in [0.15, 0.2) is 28.7 Å². The van der Waals surface area contributed by atoms with Gasteiger partial charge in [0, 0.05) is 30.5 Å². The Morgan fingerprint density at radius 1 is 1.48 bits per heavy atom. The van der Waals surface area contributed by atoms with E-state index in [2.05, 4.69) is 5.10 Å². The number of carbonyl (C=O) groups excluding carboxylic acids is 1. The molecule has 1 aromatic carbocycles. The molecule has 0 radical (unpaired) electrons. The second-order valence-corrected chi connectivity index (χ2v) is 6.76. The normalized spacial score (nSPS) is 19.6. The number of hydrogen-bond acceptors (Lipinski definition) is 7. The van der Waals surface area contributed by atoms with E-state index >= 15 is 0 Å². The Hall–Kier alpha value is -2.59. The second kappa shape index (κ2) is 8.40. The Kier molecular flexibility index (Phi) is 5.97. The van der Waals surface area contributed by atoms with Gasteiger partial charge in [-0.3, -0.25) is 14.9 Å². The average molecular weight is 393 g/mol. The lowest BCUT2D eigenvalue weighted by molar-refractivity contribution is -0.929. The second-order valence-electron chi connectivity index (χ2n) is 6.41. The lowest BCUT2D eigenvalue weighted by Gasteiger charge is -2.27. The van der Waals surface area contributed by atoms with Crippen molar-refractivity contribution in [3.8, 4) is 11.5 Å². The Morgan fingerprint density at radius 2 is 2.22 bits per heavy atom. The number of nitrogens with zero attached hydrogens (tertiary/aromatic N) is 3.